The van der Waals surface area contributed by atoms with Gasteiger partial charge in [0.15, 0.2) is 0 Å². The van der Waals surface area contributed by atoms with Gasteiger partial charge in [-0.25, -0.2) is 4.39 Å². The Morgan fingerprint density at radius 1 is 1.13 bits per heavy atom. The van der Waals surface area contributed by atoms with Gasteiger partial charge < -0.3 is 5.32 Å². The smallest absolute Gasteiger partial charge is 0.244 e. The number of nitrogens with one attached hydrogen (secondary N) is 1. The molecule has 0 fully saturated rings. The van der Waals surface area contributed by atoms with Crippen LogP contribution in [0.3, 0.4) is 0 Å². The van der Waals surface area contributed by atoms with Crippen molar-refractivity contribution in [1.29, 1.82) is 0 Å². The predicted molar refractivity (Wildman–Crippen MR) is 92.5 cm³/mol. The van der Waals surface area contributed by atoms with Crippen LogP contribution in [0.25, 0.3) is 6.08 Å². The number of benzene rings is 2. The summed E-state index contributed by atoms with van der Waals surface area (Å²) in [5, 5.41) is 3.01. The molecule has 0 spiro atoms. The molecule has 2 rings (SSSR count). The van der Waals surface area contributed by atoms with E-state index < -0.39 is 0 Å². The fourth-order valence-corrected chi connectivity index (χ4v) is 2.37. The van der Waals surface area contributed by atoms with Crippen molar-refractivity contribution in [2.75, 3.05) is 0 Å². The van der Waals surface area contributed by atoms with Gasteiger partial charge >= 0.3 is 0 Å². The van der Waals surface area contributed by atoms with Gasteiger partial charge in [0.2, 0.25) is 5.91 Å². The number of carbonyl (C=O) groups is 1. The van der Waals surface area contributed by atoms with Crippen LogP contribution in [0.5, 0.6) is 0 Å². The first-order chi connectivity index (χ1) is 11.0. The minimum atomic E-state index is -0.285. The zero-order valence-electron chi connectivity index (χ0n) is 13.8. The van der Waals surface area contributed by atoms with E-state index >= 15 is 0 Å². The molecule has 120 valence electrons. The van der Waals surface area contributed by atoms with Crippen molar-refractivity contribution >= 4 is 12.0 Å². The van der Waals surface area contributed by atoms with Gasteiger partial charge in [-0.3, -0.25) is 4.79 Å². The summed E-state index contributed by atoms with van der Waals surface area (Å²) in [7, 11) is 0. The van der Waals surface area contributed by atoms with Crippen LogP contribution >= 0.6 is 0 Å². The number of halogens is 1. The Morgan fingerprint density at radius 3 is 2.43 bits per heavy atom. The number of amides is 1. The topological polar surface area (TPSA) is 29.1 Å². The normalized spacial score (nSPS) is 12.3. The molecule has 1 N–H and O–H groups in total. The Morgan fingerprint density at radius 2 is 1.83 bits per heavy atom. The molecule has 0 heterocycles. The zero-order chi connectivity index (χ0) is 16.8. The summed E-state index contributed by atoms with van der Waals surface area (Å²) >= 11 is 0. The maximum atomic E-state index is 12.8. The molecule has 0 aliphatic carbocycles. The Balaban J connectivity index is 2.04. The van der Waals surface area contributed by atoms with Crippen LogP contribution in [0.15, 0.2) is 48.5 Å². The molecule has 0 unspecified atom stereocenters. The second-order valence-corrected chi connectivity index (χ2v) is 5.70. The Bertz CT molecular complexity index is 704. The molecule has 3 heteroatoms. The van der Waals surface area contributed by atoms with Gasteiger partial charge in [-0.15, -0.1) is 0 Å². The fraction of sp³-hybridized carbons (Fsp3) is 0.250. The van der Waals surface area contributed by atoms with Crippen molar-refractivity contribution in [3.05, 3.63) is 76.6 Å². The Labute approximate surface area is 137 Å². The highest BCUT2D eigenvalue weighted by Crippen LogP contribution is 2.19. The molecule has 0 aliphatic heterocycles. The lowest BCUT2D eigenvalue weighted by atomic mass is 9.99. The van der Waals surface area contributed by atoms with Gasteiger partial charge in [-0.2, -0.15) is 0 Å². The van der Waals surface area contributed by atoms with Crippen LogP contribution in [-0.2, 0) is 4.79 Å². The van der Waals surface area contributed by atoms with E-state index in [9.17, 15) is 9.18 Å². The molecular weight excluding hydrogens is 289 g/mol. The summed E-state index contributed by atoms with van der Waals surface area (Å²) in [6, 6.07) is 12.3. The minimum Gasteiger partial charge on any atom is -0.346 e. The predicted octanol–water partition coefficient (Wildman–Crippen LogP) is 4.72. The highest BCUT2D eigenvalue weighted by Gasteiger charge is 2.11. The summed E-state index contributed by atoms with van der Waals surface area (Å²) in [5.74, 6) is -0.438. The average Bonchev–Trinajstić information content (AvgIpc) is 2.55. The Hall–Kier alpha value is -2.42. The molecule has 1 amide bonds. The van der Waals surface area contributed by atoms with Crippen LogP contribution in [0, 0.1) is 19.7 Å². The lowest BCUT2D eigenvalue weighted by molar-refractivity contribution is -0.117. The van der Waals surface area contributed by atoms with E-state index in [1.54, 1.807) is 18.2 Å². The van der Waals surface area contributed by atoms with Crippen molar-refractivity contribution < 1.29 is 9.18 Å². The van der Waals surface area contributed by atoms with Crippen molar-refractivity contribution in [2.45, 2.75) is 33.2 Å². The van der Waals surface area contributed by atoms with Gasteiger partial charge in [-0.05, 0) is 60.7 Å². The van der Waals surface area contributed by atoms with Crippen LogP contribution in [0.1, 0.15) is 41.6 Å². The first-order valence-corrected chi connectivity index (χ1v) is 7.81. The second-order valence-electron chi connectivity index (χ2n) is 5.70. The molecule has 0 radical (unpaired) electrons. The second kappa shape index (κ2) is 7.73. The van der Waals surface area contributed by atoms with E-state index in [-0.39, 0.29) is 17.8 Å². The lowest BCUT2D eigenvalue weighted by Gasteiger charge is -2.17. The molecule has 23 heavy (non-hydrogen) atoms. The number of aryl methyl sites for hydroxylation is 2. The number of rotatable bonds is 5. The largest absolute Gasteiger partial charge is 0.346 e. The van der Waals surface area contributed by atoms with Gasteiger partial charge in [-0.1, -0.05) is 37.3 Å². The van der Waals surface area contributed by atoms with E-state index in [4.69, 9.17) is 0 Å². The summed E-state index contributed by atoms with van der Waals surface area (Å²) in [5.41, 5.74) is 4.36. The number of hydrogen-bond donors (Lipinski definition) is 1. The van der Waals surface area contributed by atoms with Gasteiger partial charge in [0.25, 0.3) is 0 Å². The highest BCUT2D eigenvalue weighted by molar-refractivity contribution is 5.92. The molecule has 0 aromatic heterocycles. The van der Waals surface area contributed by atoms with Gasteiger partial charge in [0, 0.05) is 6.08 Å². The van der Waals surface area contributed by atoms with Crippen molar-refractivity contribution in [3.63, 3.8) is 0 Å². The van der Waals surface area contributed by atoms with Gasteiger partial charge in [0.1, 0.15) is 5.82 Å². The van der Waals surface area contributed by atoms with E-state index in [0.29, 0.717) is 0 Å². The summed E-state index contributed by atoms with van der Waals surface area (Å²) in [6.45, 7) is 6.19. The molecule has 2 aromatic carbocycles. The van der Waals surface area contributed by atoms with E-state index in [2.05, 4.69) is 37.4 Å². The van der Waals surface area contributed by atoms with E-state index in [1.165, 1.54) is 29.3 Å². The first kappa shape index (κ1) is 16.9. The standard InChI is InChI=1S/C20H22FNO/c1-4-19(17-9-5-14(2)15(3)13-17)22-20(23)12-8-16-6-10-18(21)11-7-16/h5-13,19H,4H2,1-3H3,(H,22,23)/b12-8+/t19-/m0/s1. The summed E-state index contributed by atoms with van der Waals surface area (Å²) < 4.78 is 12.8. The fourth-order valence-electron chi connectivity index (χ4n) is 2.37. The average molecular weight is 311 g/mol. The van der Waals surface area contributed by atoms with Crippen LogP contribution in [0.4, 0.5) is 4.39 Å². The van der Waals surface area contributed by atoms with Crippen molar-refractivity contribution in [2.24, 2.45) is 0 Å². The van der Waals surface area contributed by atoms with Crippen LogP contribution < -0.4 is 5.32 Å². The quantitative estimate of drug-likeness (QED) is 0.795. The number of hydrogen-bond acceptors (Lipinski definition) is 1. The van der Waals surface area contributed by atoms with E-state index in [1.807, 2.05) is 6.92 Å². The monoisotopic (exact) mass is 311 g/mol. The minimum absolute atomic E-state index is 0.0142. The third-order valence-electron chi connectivity index (χ3n) is 3.96. The molecule has 1 atom stereocenters. The third-order valence-corrected chi connectivity index (χ3v) is 3.96. The number of carbonyl (C=O) groups excluding carboxylic acids is 1. The van der Waals surface area contributed by atoms with Crippen LogP contribution in [0.2, 0.25) is 0 Å². The Kier molecular flexibility index (Phi) is 5.69. The summed E-state index contributed by atoms with van der Waals surface area (Å²) in [4.78, 5) is 12.1. The third kappa shape index (κ3) is 4.78. The van der Waals surface area contributed by atoms with Crippen molar-refractivity contribution in [1.82, 2.24) is 5.32 Å². The zero-order valence-corrected chi connectivity index (χ0v) is 13.8. The maximum absolute atomic E-state index is 12.8. The molecule has 0 bridgehead atoms. The van der Waals surface area contributed by atoms with Crippen molar-refractivity contribution in [3.8, 4) is 0 Å². The molecule has 0 saturated carbocycles. The van der Waals surface area contributed by atoms with Gasteiger partial charge in [0.05, 0.1) is 6.04 Å². The first-order valence-electron chi connectivity index (χ1n) is 7.81. The van der Waals surface area contributed by atoms with Crippen LogP contribution in [-0.4, -0.2) is 5.91 Å². The molecule has 0 aliphatic rings. The lowest BCUT2D eigenvalue weighted by Crippen LogP contribution is -2.26. The highest BCUT2D eigenvalue weighted by atomic mass is 19.1. The SMILES string of the molecule is CC[C@H](NC(=O)/C=C/c1ccc(F)cc1)c1ccc(C)c(C)c1. The maximum Gasteiger partial charge on any atom is 0.244 e. The molecule has 0 saturated heterocycles. The molecule has 2 aromatic rings. The summed E-state index contributed by atoms with van der Waals surface area (Å²) in [6.07, 6.45) is 3.98. The van der Waals surface area contributed by atoms with E-state index in [0.717, 1.165) is 17.5 Å². The molecular formula is C20H22FNO. The molecule has 2 nitrogen and oxygen atoms in total.